The van der Waals surface area contributed by atoms with Gasteiger partial charge in [0.25, 0.3) is 0 Å². The molecule has 0 aliphatic rings. The number of carboxylic acids is 1. The molecule has 134 valence electrons. The van der Waals surface area contributed by atoms with Gasteiger partial charge in [-0.1, -0.05) is 84.9 Å². The summed E-state index contributed by atoms with van der Waals surface area (Å²) in [5, 5.41) is 12.7. The van der Waals surface area contributed by atoms with E-state index >= 15 is 0 Å². The van der Waals surface area contributed by atoms with Gasteiger partial charge in [-0.3, -0.25) is 4.79 Å². The van der Waals surface area contributed by atoms with Crippen LogP contribution in [-0.2, 0) is 11.2 Å². The summed E-state index contributed by atoms with van der Waals surface area (Å²) in [5.41, 5.74) is 1.20. The molecule has 3 aromatic carbocycles. The molecule has 2 nitrogen and oxygen atoms in total. The Balaban J connectivity index is 0.00000243. The van der Waals surface area contributed by atoms with E-state index in [9.17, 15) is 4.79 Å². The van der Waals surface area contributed by atoms with Gasteiger partial charge in [0.2, 0.25) is 0 Å². The predicted molar refractivity (Wildman–Crippen MR) is 116 cm³/mol. The lowest BCUT2D eigenvalue weighted by Gasteiger charge is -2.19. The zero-order chi connectivity index (χ0) is 17.5. The van der Waals surface area contributed by atoms with Gasteiger partial charge in [-0.25, -0.2) is 0 Å². The maximum absolute atomic E-state index is 10.6. The molecule has 0 aliphatic carbocycles. The Morgan fingerprint density at radius 1 is 0.731 bits per heavy atom. The first-order chi connectivity index (χ1) is 12.2. The molecular weight excluding hydrogens is 407 g/mol. The molecule has 0 atom stereocenters. The summed E-state index contributed by atoms with van der Waals surface area (Å²) in [6, 6.07) is 29.9. The number of rotatable bonds is 7. The fourth-order valence-electron chi connectivity index (χ4n) is 2.86. The van der Waals surface area contributed by atoms with Gasteiger partial charge in [0.1, 0.15) is 0 Å². The second-order valence-electron chi connectivity index (χ2n) is 5.92. The first-order valence-corrected chi connectivity index (χ1v) is 9.79. The van der Waals surface area contributed by atoms with Gasteiger partial charge >= 0.3 is 5.97 Å². The molecular formula is C22H22BrO2P. The quantitative estimate of drug-likeness (QED) is 0.565. The third kappa shape index (κ3) is 5.52. The summed E-state index contributed by atoms with van der Waals surface area (Å²) in [5.74, 6) is -0.728. The Kier molecular flexibility index (Phi) is 8.03. The Morgan fingerprint density at radius 2 is 1.19 bits per heavy atom. The summed E-state index contributed by atoms with van der Waals surface area (Å²) in [6.45, 7) is 0. The molecule has 0 heterocycles. The largest absolute Gasteiger partial charge is 0.481 e. The van der Waals surface area contributed by atoms with Gasteiger partial charge in [0.05, 0.1) is 0 Å². The summed E-state index contributed by atoms with van der Waals surface area (Å²) in [7, 11) is -0.576. The van der Waals surface area contributed by atoms with E-state index in [-0.39, 0.29) is 23.4 Å². The lowest BCUT2D eigenvalue weighted by molar-refractivity contribution is -0.137. The Bertz CT molecular complexity index is 765. The monoisotopic (exact) mass is 428 g/mol. The molecule has 3 rings (SSSR count). The molecule has 0 aromatic heterocycles. The van der Waals surface area contributed by atoms with E-state index in [0.717, 1.165) is 6.42 Å². The van der Waals surface area contributed by atoms with Crippen molar-refractivity contribution in [3.63, 3.8) is 0 Å². The van der Waals surface area contributed by atoms with Gasteiger partial charge in [0, 0.05) is 6.42 Å². The molecule has 4 heteroatoms. The molecule has 0 saturated carbocycles. The number of carbonyl (C=O) groups is 1. The zero-order valence-electron chi connectivity index (χ0n) is 14.4. The Hall–Kier alpha value is -1.96. The average Bonchev–Trinajstić information content (AvgIpc) is 2.65. The van der Waals surface area contributed by atoms with Crippen LogP contribution in [0.4, 0.5) is 0 Å². The van der Waals surface area contributed by atoms with Crippen LogP contribution in [0.15, 0.2) is 84.9 Å². The van der Waals surface area contributed by atoms with E-state index in [1.54, 1.807) is 0 Å². The van der Waals surface area contributed by atoms with Gasteiger partial charge in [-0.15, -0.1) is 17.0 Å². The number of benzene rings is 3. The van der Waals surface area contributed by atoms with Crippen molar-refractivity contribution in [2.75, 3.05) is 0 Å². The fraction of sp³-hybridized carbons (Fsp3) is 0.136. The van der Waals surface area contributed by atoms with E-state index < -0.39 is 13.9 Å². The number of aliphatic carboxylic acids is 1. The van der Waals surface area contributed by atoms with Crippen LogP contribution in [0.1, 0.15) is 18.4 Å². The summed E-state index contributed by atoms with van der Waals surface area (Å²) < 4.78 is 0. The average molecular weight is 429 g/mol. The predicted octanol–water partition coefficient (Wildman–Crippen LogP) is 4.43. The molecule has 0 bridgehead atoms. The lowest BCUT2D eigenvalue weighted by atomic mass is 10.1. The van der Waals surface area contributed by atoms with E-state index in [2.05, 4.69) is 72.8 Å². The molecule has 1 N–H and O–H groups in total. The second-order valence-corrected chi connectivity index (χ2v) is 8.14. The Morgan fingerprint density at radius 3 is 1.65 bits per heavy atom. The highest BCUT2D eigenvalue weighted by Gasteiger charge is 2.15. The fourth-order valence-corrected chi connectivity index (χ4v) is 5.14. The minimum atomic E-state index is -0.728. The molecule has 0 aliphatic heterocycles. The van der Waals surface area contributed by atoms with Crippen LogP contribution in [-0.4, -0.2) is 11.1 Å². The first kappa shape index (κ1) is 20.4. The molecule has 26 heavy (non-hydrogen) atoms. The van der Waals surface area contributed by atoms with Gasteiger partial charge in [-0.2, -0.15) is 0 Å². The molecule has 0 spiro atoms. The topological polar surface area (TPSA) is 37.3 Å². The molecule has 0 unspecified atom stereocenters. The van der Waals surface area contributed by atoms with E-state index in [4.69, 9.17) is 5.11 Å². The smallest absolute Gasteiger partial charge is 0.303 e. The van der Waals surface area contributed by atoms with Gasteiger partial charge in [-0.05, 0) is 42.2 Å². The van der Waals surface area contributed by atoms with Crippen LogP contribution in [0.3, 0.4) is 0 Å². The highest BCUT2D eigenvalue weighted by Crippen LogP contribution is 2.32. The normalized spacial score (nSPS) is 10.3. The van der Waals surface area contributed by atoms with Gasteiger partial charge < -0.3 is 5.11 Å². The van der Waals surface area contributed by atoms with Crippen LogP contribution in [0.5, 0.6) is 0 Å². The third-order valence-corrected chi connectivity index (χ3v) is 6.52. The van der Waals surface area contributed by atoms with Crippen molar-refractivity contribution in [3.05, 3.63) is 90.5 Å². The van der Waals surface area contributed by atoms with Crippen molar-refractivity contribution < 1.29 is 9.90 Å². The van der Waals surface area contributed by atoms with Crippen molar-refractivity contribution in [1.82, 2.24) is 0 Å². The van der Waals surface area contributed by atoms with E-state index in [1.807, 2.05) is 12.1 Å². The Labute approximate surface area is 166 Å². The van der Waals surface area contributed by atoms with Crippen molar-refractivity contribution in [3.8, 4) is 0 Å². The zero-order valence-corrected chi connectivity index (χ0v) is 17.0. The summed E-state index contributed by atoms with van der Waals surface area (Å²) in [4.78, 5) is 10.6. The first-order valence-electron chi connectivity index (χ1n) is 8.45. The standard InChI is InChI=1S/C22H21O2P.BrH/c23-22(24)13-7-8-18-14-16-21(17-15-18)25(19-9-3-1-4-10-19)20-11-5-2-6-12-20;/h1-6,9-12,14-17H,7-8,13H2,(H,23,24);1H. The number of aryl methyl sites for hydroxylation is 1. The maximum Gasteiger partial charge on any atom is 0.303 e. The number of carboxylic acid groups (broad SMARTS) is 1. The SMILES string of the molecule is Br.O=C(O)CCCc1ccc(P(c2ccccc2)c2ccccc2)cc1. The van der Waals surface area contributed by atoms with E-state index in [0.29, 0.717) is 6.42 Å². The summed E-state index contributed by atoms with van der Waals surface area (Å²) >= 11 is 0. The highest BCUT2D eigenvalue weighted by atomic mass is 79.9. The highest BCUT2D eigenvalue weighted by molar-refractivity contribution is 8.93. The minimum Gasteiger partial charge on any atom is -0.481 e. The second kappa shape index (κ2) is 10.3. The third-order valence-electron chi connectivity index (χ3n) is 4.08. The van der Waals surface area contributed by atoms with Crippen LogP contribution in [0.2, 0.25) is 0 Å². The summed E-state index contributed by atoms with van der Waals surface area (Å²) in [6.07, 6.45) is 1.71. The van der Waals surface area contributed by atoms with Crippen LogP contribution in [0, 0.1) is 0 Å². The number of hydrogen-bond donors (Lipinski definition) is 1. The molecule has 0 saturated heterocycles. The number of hydrogen-bond acceptors (Lipinski definition) is 1. The van der Waals surface area contributed by atoms with Crippen molar-refractivity contribution in [1.29, 1.82) is 0 Å². The van der Waals surface area contributed by atoms with Crippen molar-refractivity contribution in [2.45, 2.75) is 19.3 Å². The molecule has 0 fully saturated rings. The van der Waals surface area contributed by atoms with Crippen molar-refractivity contribution in [2.24, 2.45) is 0 Å². The van der Waals surface area contributed by atoms with Gasteiger partial charge in [0.15, 0.2) is 0 Å². The van der Waals surface area contributed by atoms with Crippen LogP contribution < -0.4 is 15.9 Å². The molecule has 3 aromatic rings. The minimum absolute atomic E-state index is 0. The lowest BCUT2D eigenvalue weighted by Crippen LogP contribution is -2.20. The van der Waals surface area contributed by atoms with Crippen LogP contribution in [0.25, 0.3) is 0 Å². The number of halogens is 1. The molecule has 0 amide bonds. The van der Waals surface area contributed by atoms with E-state index in [1.165, 1.54) is 21.5 Å². The van der Waals surface area contributed by atoms with Crippen LogP contribution >= 0.6 is 24.9 Å². The van der Waals surface area contributed by atoms with Crippen molar-refractivity contribution >= 4 is 46.8 Å². The molecule has 0 radical (unpaired) electrons. The maximum atomic E-state index is 10.6.